The predicted molar refractivity (Wildman–Crippen MR) is 86.5 cm³/mol. The van der Waals surface area contributed by atoms with Crippen molar-refractivity contribution in [1.29, 1.82) is 0 Å². The normalized spacial score (nSPS) is 12.5. The molecule has 1 atom stereocenters. The molecule has 0 aliphatic rings. The molecule has 0 aliphatic carbocycles. The molecule has 0 aliphatic heterocycles. The van der Waals surface area contributed by atoms with Gasteiger partial charge in [0.15, 0.2) is 0 Å². The first-order valence-corrected chi connectivity index (χ1v) is 7.82. The van der Waals surface area contributed by atoms with Crippen LogP contribution < -0.4 is 14.8 Å². The second-order valence-corrected chi connectivity index (χ2v) is 6.12. The molecule has 2 rings (SSSR count). The first-order valence-electron chi connectivity index (χ1n) is 6.94. The standard InChI is InChI=1S/C16H22N2O2S/c1-10(2)17-15(16-18-11(3)9-21-16)12-6-13(19-4)8-14(7-12)20-5/h6-10,15,17H,1-5H3. The number of aromatic nitrogens is 1. The van der Waals surface area contributed by atoms with E-state index in [2.05, 4.69) is 29.5 Å². The maximum absolute atomic E-state index is 5.37. The molecule has 1 aromatic carbocycles. The van der Waals surface area contributed by atoms with E-state index in [9.17, 15) is 0 Å². The van der Waals surface area contributed by atoms with E-state index in [4.69, 9.17) is 9.47 Å². The summed E-state index contributed by atoms with van der Waals surface area (Å²) in [6.45, 7) is 6.27. The van der Waals surface area contributed by atoms with Gasteiger partial charge in [-0.1, -0.05) is 0 Å². The van der Waals surface area contributed by atoms with Gasteiger partial charge in [0, 0.05) is 23.2 Å². The summed E-state index contributed by atoms with van der Waals surface area (Å²) in [5.41, 5.74) is 2.13. The third-order valence-electron chi connectivity index (χ3n) is 3.09. The Morgan fingerprint density at radius 3 is 2.14 bits per heavy atom. The van der Waals surface area contributed by atoms with Crippen LogP contribution in [0.1, 0.15) is 36.2 Å². The summed E-state index contributed by atoms with van der Waals surface area (Å²) < 4.78 is 10.7. The highest BCUT2D eigenvalue weighted by Gasteiger charge is 2.20. The van der Waals surface area contributed by atoms with Crippen LogP contribution >= 0.6 is 11.3 Å². The van der Waals surface area contributed by atoms with Gasteiger partial charge in [0.1, 0.15) is 16.5 Å². The maximum atomic E-state index is 5.37. The molecule has 2 aromatic rings. The summed E-state index contributed by atoms with van der Waals surface area (Å²) >= 11 is 1.67. The molecule has 21 heavy (non-hydrogen) atoms. The zero-order valence-electron chi connectivity index (χ0n) is 13.1. The molecule has 1 heterocycles. The topological polar surface area (TPSA) is 43.4 Å². The average Bonchev–Trinajstić information content (AvgIpc) is 2.90. The van der Waals surface area contributed by atoms with Crippen molar-refractivity contribution in [3.8, 4) is 11.5 Å². The fourth-order valence-corrected chi connectivity index (χ4v) is 3.03. The summed E-state index contributed by atoms with van der Waals surface area (Å²) in [6.07, 6.45) is 0. The quantitative estimate of drug-likeness (QED) is 0.886. The predicted octanol–water partition coefficient (Wildman–Crippen LogP) is 3.56. The fraction of sp³-hybridized carbons (Fsp3) is 0.438. The molecule has 0 fully saturated rings. The fourth-order valence-electron chi connectivity index (χ4n) is 2.14. The Balaban J connectivity index is 2.45. The van der Waals surface area contributed by atoms with Gasteiger partial charge in [-0.05, 0) is 38.5 Å². The molecule has 0 saturated heterocycles. The van der Waals surface area contributed by atoms with Gasteiger partial charge in [-0.25, -0.2) is 4.98 Å². The molecule has 0 radical (unpaired) electrons. The second kappa shape index (κ2) is 6.91. The third kappa shape index (κ3) is 3.95. The zero-order valence-corrected chi connectivity index (χ0v) is 14.0. The monoisotopic (exact) mass is 306 g/mol. The number of aryl methyl sites for hydroxylation is 1. The Kier molecular flexibility index (Phi) is 5.20. The van der Waals surface area contributed by atoms with Crippen molar-refractivity contribution in [2.75, 3.05) is 14.2 Å². The molecule has 1 unspecified atom stereocenters. The minimum atomic E-state index is 0.0349. The number of rotatable bonds is 6. The van der Waals surface area contributed by atoms with E-state index in [1.54, 1.807) is 25.6 Å². The van der Waals surface area contributed by atoms with Crippen LogP contribution in [0.4, 0.5) is 0 Å². The number of hydrogen-bond acceptors (Lipinski definition) is 5. The highest BCUT2D eigenvalue weighted by molar-refractivity contribution is 7.09. The molecule has 114 valence electrons. The molecule has 4 nitrogen and oxygen atoms in total. The molecule has 0 spiro atoms. The average molecular weight is 306 g/mol. The van der Waals surface area contributed by atoms with Crippen LogP contribution in [0.5, 0.6) is 11.5 Å². The minimum absolute atomic E-state index is 0.0349. The number of ether oxygens (including phenoxy) is 2. The van der Waals surface area contributed by atoms with Crippen molar-refractivity contribution in [3.63, 3.8) is 0 Å². The summed E-state index contributed by atoms with van der Waals surface area (Å²) in [5.74, 6) is 1.57. The highest BCUT2D eigenvalue weighted by Crippen LogP contribution is 2.31. The van der Waals surface area contributed by atoms with Gasteiger partial charge in [-0.15, -0.1) is 11.3 Å². The molecule has 0 saturated carbocycles. The van der Waals surface area contributed by atoms with Gasteiger partial charge >= 0.3 is 0 Å². The van der Waals surface area contributed by atoms with Gasteiger partial charge < -0.3 is 14.8 Å². The van der Waals surface area contributed by atoms with Crippen molar-refractivity contribution in [1.82, 2.24) is 10.3 Å². The van der Waals surface area contributed by atoms with Crippen LogP contribution in [0.3, 0.4) is 0 Å². The molecule has 0 amide bonds. The lowest BCUT2D eigenvalue weighted by Gasteiger charge is -2.21. The van der Waals surface area contributed by atoms with Gasteiger partial charge in [0.2, 0.25) is 0 Å². The van der Waals surface area contributed by atoms with Crippen molar-refractivity contribution < 1.29 is 9.47 Å². The Hall–Kier alpha value is -1.59. The Bertz CT molecular complexity index is 573. The van der Waals surface area contributed by atoms with Crippen LogP contribution in [-0.2, 0) is 0 Å². The Morgan fingerprint density at radius 1 is 1.10 bits per heavy atom. The van der Waals surface area contributed by atoms with Crippen molar-refractivity contribution >= 4 is 11.3 Å². The lowest BCUT2D eigenvalue weighted by molar-refractivity contribution is 0.391. The second-order valence-electron chi connectivity index (χ2n) is 5.23. The number of thiazole rings is 1. The van der Waals surface area contributed by atoms with Gasteiger partial charge in [0.05, 0.1) is 20.3 Å². The number of nitrogens with zero attached hydrogens (tertiary/aromatic N) is 1. The molecular weight excluding hydrogens is 284 g/mol. The largest absolute Gasteiger partial charge is 0.497 e. The molecule has 0 bridgehead atoms. The summed E-state index contributed by atoms with van der Waals surface area (Å²) in [5, 5.41) is 6.69. The van der Waals surface area contributed by atoms with E-state index in [1.807, 2.05) is 25.1 Å². The number of nitrogens with one attached hydrogen (secondary N) is 1. The van der Waals surface area contributed by atoms with Crippen molar-refractivity contribution in [3.05, 3.63) is 39.8 Å². The van der Waals surface area contributed by atoms with Gasteiger partial charge in [-0.3, -0.25) is 0 Å². The van der Waals surface area contributed by atoms with E-state index in [-0.39, 0.29) is 6.04 Å². The van der Waals surface area contributed by atoms with Crippen LogP contribution in [0.25, 0.3) is 0 Å². The number of methoxy groups -OCH3 is 2. The van der Waals surface area contributed by atoms with E-state index in [0.29, 0.717) is 6.04 Å². The lowest BCUT2D eigenvalue weighted by atomic mass is 10.1. The zero-order chi connectivity index (χ0) is 15.4. The summed E-state index contributed by atoms with van der Waals surface area (Å²) in [6, 6.07) is 6.31. The highest BCUT2D eigenvalue weighted by atomic mass is 32.1. The van der Waals surface area contributed by atoms with Crippen LogP contribution in [0.15, 0.2) is 23.6 Å². The summed E-state index contributed by atoms with van der Waals surface area (Å²) in [7, 11) is 3.33. The van der Waals surface area contributed by atoms with E-state index >= 15 is 0 Å². The molecule has 1 aromatic heterocycles. The van der Waals surface area contributed by atoms with Gasteiger partial charge in [-0.2, -0.15) is 0 Å². The molecular formula is C16H22N2O2S. The first-order chi connectivity index (χ1) is 10.0. The van der Waals surface area contributed by atoms with Crippen LogP contribution in [-0.4, -0.2) is 25.2 Å². The maximum Gasteiger partial charge on any atom is 0.122 e. The van der Waals surface area contributed by atoms with Crippen LogP contribution in [0.2, 0.25) is 0 Å². The number of hydrogen-bond donors (Lipinski definition) is 1. The van der Waals surface area contributed by atoms with Crippen molar-refractivity contribution in [2.24, 2.45) is 0 Å². The van der Waals surface area contributed by atoms with Crippen LogP contribution in [0, 0.1) is 6.92 Å². The number of benzene rings is 1. The summed E-state index contributed by atoms with van der Waals surface area (Å²) in [4.78, 5) is 4.63. The minimum Gasteiger partial charge on any atom is -0.497 e. The Morgan fingerprint density at radius 2 is 1.71 bits per heavy atom. The SMILES string of the molecule is COc1cc(OC)cc(C(NC(C)C)c2nc(C)cs2)c1. The van der Waals surface area contributed by atoms with E-state index in [0.717, 1.165) is 27.8 Å². The lowest BCUT2D eigenvalue weighted by Crippen LogP contribution is -2.29. The molecule has 5 heteroatoms. The Labute approximate surface area is 130 Å². The smallest absolute Gasteiger partial charge is 0.122 e. The van der Waals surface area contributed by atoms with Crippen molar-refractivity contribution in [2.45, 2.75) is 32.9 Å². The van der Waals surface area contributed by atoms with E-state index in [1.165, 1.54) is 0 Å². The van der Waals surface area contributed by atoms with Gasteiger partial charge in [0.25, 0.3) is 0 Å². The molecule has 1 N–H and O–H groups in total. The van der Waals surface area contributed by atoms with E-state index < -0.39 is 0 Å². The first kappa shape index (κ1) is 15.8. The third-order valence-corrected chi connectivity index (χ3v) is 4.12.